The van der Waals surface area contributed by atoms with E-state index in [1.54, 1.807) is 0 Å². The van der Waals surface area contributed by atoms with Crippen molar-refractivity contribution in [1.29, 1.82) is 0 Å². The number of rotatable bonds is 3. The van der Waals surface area contributed by atoms with Crippen molar-refractivity contribution in [3.63, 3.8) is 0 Å². The zero-order valence-electron chi connectivity index (χ0n) is 12.7. The fourth-order valence-corrected chi connectivity index (χ4v) is 3.47. The van der Waals surface area contributed by atoms with Gasteiger partial charge in [-0.2, -0.15) is 0 Å². The topological polar surface area (TPSA) is 69.6 Å². The summed E-state index contributed by atoms with van der Waals surface area (Å²) in [5.41, 5.74) is 0.104. The molecule has 1 heterocycles. The quantitative estimate of drug-likeness (QED) is 0.822. The van der Waals surface area contributed by atoms with Crippen LogP contribution in [0.1, 0.15) is 46.5 Å². The Labute approximate surface area is 120 Å². The normalized spacial score (nSPS) is 23.4. The number of amides is 1. The molecule has 1 saturated carbocycles. The lowest BCUT2D eigenvalue weighted by molar-refractivity contribution is -0.145. The Bertz CT molecular complexity index is 384. The van der Waals surface area contributed by atoms with Crippen LogP contribution in [0.3, 0.4) is 0 Å². The number of carboxylic acids is 1. The standard InChI is InChI=1S/C15H26N2O3/c1-14(2,3)16-12(18)8-17-9-15(10-17)6-4-11(5-7-15)13(19)20/h11H,4-10H2,1-3H3,(H,16,18)(H,19,20). The molecule has 5 nitrogen and oxygen atoms in total. The van der Waals surface area contributed by atoms with Crippen molar-refractivity contribution in [2.45, 2.75) is 52.0 Å². The number of carbonyl (C=O) groups excluding carboxylic acids is 1. The number of aliphatic carboxylic acids is 1. The Morgan fingerprint density at radius 1 is 1.25 bits per heavy atom. The van der Waals surface area contributed by atoms with Gasteiger partial charge in [-0.3, -0.25) is 14.5 Å². The second-order valence-corrected chi connectivity index (χ2v) is 7.56. The minimum absolute atomic E-state index is 0.0755. The molecule has 0 aromatic rings. The fourth-order valence-electron chi connectivity index (χ4n) is 3.47. The maximum atomic E-state index is 11.8. The summed E-state index contributed by atoms with van der Waals surface area (Å²) in [6, 6.07) is 0. The third kappa shape index (κ3) is 3.72. The molecule has 5 heteroatoms. The van der Waals surface area contributed by atoms with Gasteiger partial charge in [0.2, 0.25) is 5.91 Å². The predicted molar refractivity (Wildman–Crippen MR) is 76.4 cm³/mol. The van der Waals surface area contributed by atoms with E-state index < -0.39 is 5.97 Å². The number of carboxylic acid groups (broad SMARTS) is 1. The van der Waals surface area contributed by atoms with Gasteiger partial charge in [0.05, 0.1) is 12.5 Å². The number of hydrogen-bond donors (Lipinski definition) is 2. The highest BCUT2D eigenvalue weighted by Crippen LogP contribution is 2.45. The van der Waals surface area contributed by atoms with Crippen molar-refractivity contribution < 1.29 is 14.7 Å². The summed E-state index contributed by atoms with van der Waals surface area (Å²) < 4.78 is 0. The molecule has 0 unspecified atom stereocenters. The molecular formula is C15H26N2O3. The Kier molecular flexibility index (Phi) is 4.09. The van der Waals surface area contributed by atoms with Crippen molar-refractivity contribution in [3.8, 4) is 0 Å². The molecule has 1 aliphatic heterocycles. The molecule has 0 atom stereocenters. The SMILES string of the molecule is CC(C)(C)NC(=O)CN1CC2(CCC(C(=O)O)CC2)C1. The van der Waals surface area contributed by atoms with E-state index in [2.05, 4.69) is 10.2 Å². The summed E-state index contributed by atoms with van der Waals surface area (Å²) >= 11 is 0. The molecule has 20 heavy (non-hydrogen) atoms. The van der Waals surface area contributed by atoms with Crippen molar-refractivity contribution in [2.75, 3.05) is 19.6 Å². The second-order valence-electron chi connectivity index (χ2n) is 7.56. The van der Waals surface area contributed by atoms with Gasteiger partial charge in [0.15, 0.2) is 0 Å². The smallest absolute Gasteiger partial charge is 0.306 e. The minimum atomic E-state index is -0.652. The van der Waals surface area contributed by atoms with Crippen LogP contribution in [-0.2, 0) is 9.59 Å². The molecule has 0 aromatic heterocycles. The molecule has 0 radical (unpaired) electrons. The third-order valence-corrected chi connectivity index (χ3v) is 4.40. The van der Waals surface area contributed by atoms with Crippen molar-refractivity contribution >= 4 is 11.9 Å². The van der Waals surface area contributed by atoms with E-state index in [0.29, 0.717) is 6.54 Å². The van der Waals surface area contributed by atoms with Crippen LogP contribution in [-0.4, -0.2) is 47.1 Å². The Morgan fingerprint density at radius 2 is 1.80 bits per heavy atom. The summed E-state index contributed by atoms with van der Waals surface area (Å²) in [7, 11) is 0. The molecular weight excluding hydrogens is 256 g/mol. The summed E-state index contributed by atoms with van der Waals surface area (Å²) in [6.07, 6.45) is 3.55. The highest BCUT2D eigenvalue weighted by Gasteiger charge is 2.46. The van der Waals surface area contributed by atoms with Gasteiger partial charge in [0.25, 0.3) is 0 Å². The van der Waals surface area contributed by atoms with Crippen LogP contribution in [0.15, 0.2) is 0 Å². The summed E-state index contributed by atoms with van der Waals surface area (Å²) in [6.45, 7) is 8.29. The van der Waals surface area contributed by atoms with Crippen molar-refractivity contribution in [3.05, 3.63) is 0 Å². The first-order chi connectivity index (χ1) is 9.19. The van der Waals surface area contributed by atoms with Crippen molar-refractivity contribution in [2.24, 2.45) is 11.3 Å². The van der Waals surface area contributed by atoms with E-state index in [1.807, 2.05) is 20.8 Å². The van der Waals surface area contributed by atoms with Gasteiger partial charge in [-0.1, -0.05) is 0 Å². The van der Waals surface area contributed by atoms with E-state index in [9.17, 15) is 9.59 Å². The molecule has 114 valence electrons. The van der Waals surface area contributed by atoms with Gasteiger partial charge >= 0.3 is 5.97 Å². The number of hydrogen-bond acceptors (Lipinski definition) is 3. The second kappa shape index (κ2) is 5.35. The van der Waals surface area contributed by atoms with Crippen molar-refractivity contribution in [1.82, 2.24) is 10.2 Å². The van der Waals surface area contributed by atoms with E-state index in [-0.39, 0.29) is 22.8 Å². The van der Waals surface area contributed by atoms with Gasteiger partial charge < -0.3 is 10.4 Å². The molecule has 2 N–H and O–H groups in total. The summed E-state index contributed by atoms with van der Waals surface area (Å²) in [5.74, 6) is -0.731. The van der Waals surface area contributed by atoms with Crippen LogP contribution in [0.4, 0.5) is 0 Å². The largest absolute Gasteiger partial charge is 0.481 e. The van der Waals surface area contributed by atoms with Crippen LogP contribution in [0.25, 0.3) is 0 Å². The van der Waals surface area contributed by atoms with E-state index >= 15 is 0 Å². The van der Waals surface area contributed by atoms with Crippen LogP contribution in [0, 0.1) is 11.3 Å². The van der Waals surface area contributed by atoms with E-state index in [1.165, 1.54) is 0 Å². The number of likely N-dealkylation sites (tertiary alicyclic amines) is 1. The summed E-state index contributed by atoms with van der Waals surface area (Å²) in [5, 5.41) is 12.0. The summed E-state index contributed by atoms with van der Waals surface area (Å²) in [4.78, 5) is 25.0. The van der Waals surface area contributed by atoms with Crippen LogP contribution < -0.4 is 5.32 Å². The molecule has 1 aliphatic carbocycles. The fraction of sp³-hybridized carbons (Fsp3) is 0.867. The lowest BCUT2D eigenvalue weighted by atomic mass is 9.66. The molecule has 0 aromatic carbocycles. The zero-order valence-corrected chi connectivity index (χ0v) is 12.7. The van der Waals surface area contributed by atoms with E-state index in [4.69, 9.17) is 5.11 Å². The molecule has 1 saturated heterocycles. The lowest BCUT2D eigenvalue weighted by Gasteiger charge is -2.53. The number of nitrogens with zero attached hydrogens (tertiary/aromatic N) is 1. The first-order valence-electron chi connectivity index (χ1n) is 7.45. The van der Waals surface area contributed by atoms with Gasteiger partial charge in [-0.15, -0.1) is 0 Å². The highest BCUT2D eigenvalue weighted by atomic mass is 16.4. The lowest BCUT2D eigenvalue weighted by Crippen LogP contribution is -2.60. The maximum Gasteiger partial charge on any atom is 0.306 e. The first-order valence-corrected chi connectivity index (χ1v) is 7.45. The van der Waals surface area contributed by atoms with Gasteiger partial charge in [-0.05, 0) is 51.9 Å². The molecule has 0 bridgehead atoms. The zero-order chi connectivity index (χ0) is 15.0. The first kappa shape index (κ1) is 15.3. The predicted octanol–water partition coefficient (Wildman–Crippen LogP) is 1.48. The van der Waals surface area contributed by atoms with Gasteiger partial charge in [0.1, 0.15) is 0 Å². The number of carbonyl (C=O) groups is 2. The molecule has 2 rings (SSSR count). The minimum Gasteiger partial charge on any atom is -0.481 e. The maximum absolute atomic E-state index is 11.8. The Morgan fingerprint density at radius 3 is 2.25 bits per heavy atom. The Hall–Kier alpha value is -1.10. The van der Waals surface area contributed by atoms with Gasteiger partial charge in [0, 0.05) is 18.6 Å². The average molecular weight is 282 g/mol. The number of nitrogens with one attached hydrogen (secondary N) is 1. The van der Waals surface area contributed by atoms with Crippen LogP contribution >= 0.6 is 0 Å². The highest BCUT2D eigenvalue weighted by molar-refractivity contribution is 5.78. The van der Waals surface area contributed by atoms with Crippen LogP contribution in [0.5, 0.6) is 0 Å². The third-order valence-electron chi connectivity index (χ3n) is 4.40. The molecule has 2 aliphatic rings. The Balaban J connectivity index is 1.72. The van der Waals surface area contributed by atoms with Crippen LogP contribution in [0.2, 0.25) is 0 Å². The van der Waals surface area contributed by atoms with E-state index in [0.717, 1.165) is 38.8 Å². The molecule has 1 spiro atoms. The average Bonchev–Trinajstić information content (AvgIpc) is 2.24. The molecule has 1 amide bonds. The van der Waals surface area contributed by atoms with Gasteiger partial charge in [-0.25, -0.2) is 0 Å². The monoisotopic (exact) mass is 282 g/mol. The molecule has 2 fully saturated rings.